The molecule has 0 bridgehead atoms. The van der Waals surface area contributed by atoms with Gasteiger partial charge in [-0.3, -0.25) is 14.4 Å². The SMILES string of the molecule is Cn1nccc1NS(=O)(=O)c1cncc(C#CCN)c1. The Morgan fingerprint density at radius 2 is 2.25 bits per heavy atom. The van der Waals surface area contributed by atoms with Crippen LogP contribution in [0, 0.1) is 11.8 Å². The van der Waals surface area contributed by atoms with Gasteiger partial charge in [0.2, 0.25) is 0 Å². The van der Waals surface area contributed by atoms with Gasteiger partial charge >= 0.3 is 0 Å². The molecule has 7 nitrogen and oxygen atoms in total. The molecule has 2 rings (SSSR count). The van der Waals surface area contributed by atoms with Crippen molar-refractivity contribution in [1.82, 2.24) is 14.8 Å². The quantitative estimate of drug-likeness (QED) is 0.770. The fourth-order valence-electron chi connectivity index (χ4n) is 1.46. The summed E-state index contributed by atoms with van der Waals surface area (Å²) in [6.45, 7) is 0.199. The number of hydrogen-bond acceptors (Lipinski definition) is 5. The highest BCUT2D eigenvalue weighted by molar-refractivity contribution is 7.92. The van der Waals surface area contributed by atoms with Crippen LogP contribution in [0.15, 0.2) is 35.6 Å². The van der Waals surface area contributed by atoms with Gasteiger partial charge in [-0.15, -0.1) is 0 Å². The number of aryl methyl sites for hydroxylation is 1. The van der Waals surface area contributed by atoms with Gasteiger partial charge in [0.25, 0.3) is 10.0 Å². The number of sulfonamides is 1. The van der Waals surface area contributed by atoms with Gasteiger partial charge in [0.15, 0.2) is 0 Å². The monoisotopic (exact) mass is 291 g/mol. The molecule has 0 aliphatic heterocycles. The largest absolute Gasteiger partial charge is 0.320 e. The number of nitrogens with one attached hydrogen (secondary N) is 1. The topological polar surface area (TPSA) is 103 Å². The van der Waals surface area contributed by atoms with Gasteiger partial charge in [-0.05, 0) is 6.07 Å². The molecule has 0 saturated heterocycles. The number of rotatable bonds is 3. The van der Waals surface area contributed by atoms with Crippen LogP contribution in [0.3, 0.4) is 0 Å². The highest BCUT2D eigenvalue weighted by atomic mass is 32.2. The number of nitrogens with two attached hydrogens (primary N) is 1. The summed E-state index contributed by atoms with van der Waals surface area (Å²) in [6.07, 6.45) is 4.23. The van der Waals surface area contributed by atoms with E-state index in [4.69, 9.17) is 5.73 Å². The van der Waals surface area contributed by atoms with E-state index in [0.29, 0.717) is 11.4 Å². The molecule has 0 fully saturated rings. The molecule has 0 radical (unpaired) electrons. The molecule has 104 valence electrons. The van der Waals surface area contributed by atoms with E-state index < -0.39 is 10.0 Å². The molecule has 8 heteroatoms. The molecular formula is C12H13N5O2S. The maximum Gasteiger partial charge on any atom is 0.264 e. The fraction of sp³-hybridized carbons (Fsp3) is 0.167. The third-order valence-electron chi connectivity index (χ3n) is 2.42. The first-order valence-corrected chi connectivity index (χ1v) is 7.16. The third-order valence-corrected chi connectivity index (χ3v) is 3.74. The predicted octanol–water partition coefficient (Wildman–Crippen LogP) is -0.0739. The van der Waals surface area contributed by atoms with Crippen LogP contribution in [0.25, 0.3) is 0 Å². The van der Waals surface area contributed by atoms with Crippen LogP contribution in [-0.2, 0) is 17.1 Å². The van der Waals surface area contributed by atoms with Gasteiger partial charge in [-0.2, -0.15) is 5.10 Å². The molecule has 0 spiro atoms. The smallest absolute Gasteiger partial charge is 0.264 e. The van der Waals surface area contributed by atoms with Crippen molar-refractivity contribution in [2.45, 2.75) is 4.90 Å². The van der Waals surface area contributed by atoms with Crippen LogP contribution in [0.4, 0.5) is 5.82 Å². The average molecular weight is 291 g/mol. The van der Waals surface area contributed by atoms with Crippen molar-refractivity contribution in [3.63, 3.8) is 0 Å². The minimum atomic E-state index is -3.73. The Morgan fingerprint density at radius 3 is 2.90 bits per heavy atom. The summed E-state index contributed by atoms with van der Waals surface area (Å²) in [4.78, 5) is 3.90. The first-order chi connectivity index (χ1) is 9.53. The average Bonchev–Trinajstić information content (AvgIpc) is 2.82. The maximum absolute atomic E-state index is 12.2. The molecule has 3 N–H and O–H groups in total. The maximum atomic E-state index is 12.2. The predicted molar refractivity (Wildman–Crippen MR) is 74.2 cm³/mol. The molecule has 2 aromatic rings. The number of nitrogens with zero attached hydrogens (tertiary/aromatic N) is 3. The minimum absolute atomic E-state index is 0.0301. The van der Waals surface area contributed by atoms with Crippen LogP contribution >= 0.6 is 0 Å². The van der Waals surface area contributed by atoms with E-state index in [9.17, 15) is 8.42 Å². The molecule has 0 saturated carbocycles. The Morgan fingerprint density at radius 1 is 1.45 bits per heavy atom. The molecule has 2 heterocycles. The highest BCUT2D eigenvalue weighted by Crippen LogP contribution is 2.14. The first kappa shape index (κ1) is 14.0. The van der Waals surface area contributed by atoms with Crippen LogP contribution in [0.2, 0.25) is 0 Å². The summed E-state index contributed by atoms with van der Waals surface area (Å²) in [5.74, 6) is 5.75. The number of aromatic nitrogens is 3. The van der Waals surface area contributed by atoms with E-state index in [1.165, 1.54) is 29.3 Å². The molecule has 0 aromatic carbocycles. The molecule has 0 aliphatic rings. The van der Waals surface area contributed by atoms with E-state index in [1.54, 1.807) is 13.1 Å². The second kappa shape index (κ2) is 5.73. The summed E-state index contributed by atoms with van der Waals surface area (Å²) >= 11 is 0. The van der Waals surface area contributed by atoms with Gasteiger partial charge in [0, 0.05) is 31.1 Å². The van der Waals surface area contributed by atoms with Crippen molar-refractivity contribution in [2.24, 2.45) is 12.8 Å². The Kier molecular flexibility index (Phi) is 4.02. The summed E-state index contributed by atoms with van der Waals surface area (Å²) in [5.41, 5.74) is 5.76. The van der Waals surface area contributed by atoms with Crippen molar-refractivity contribution in [1.29, 1.82) is 0 Å². The van der Waals surface area contributed by atoms with Gasteiger partial charge < -0.3 is 5.73 Å². The van der Waals surface area contributed by atoms with Crippen LogP contribution in [0.5, 0.6) is 0 Å². The summed E-state index contributed by atoms with van der Waals surface area (Å²) < 4.78 is 28.3. The fourth-order valence-corrected chi connectivity index (χ4v) is 2.53. The summed E-state index contributed by atoms with van der Waals surface area (Å²) in [5, 5.41) is 3.89. The van der Waals surface area contributed by atoms with Crippen molar-refractivity contribution < 1.29 is 8.42 Å². The Labute approximate surface area is 116 Å². The van der Waals surface area contributed by atoms with Crippen molar-refractivity contribution in [3.05, 3.63) is 36.3 Å². The molecule has 2 aromatic heterocycles. The van der Waals surface area contributed by atoms with Crippen molar-refractivity contribution >= 4 is 15.8 Å². The van der Waals surface area contributed by atoms with Crippen LogP contribution in [0.1, 0.15) is 5.56 Å². The van der Waals surface area contributed by atoms with Gasteiger partial charge in [0.1, 0.15) is 10.7 Å². The molecule has 0 unspecified atom stereocenters. The van der Waals surface area contributed by atoms with E-state index in [0.717, 1.165) is 0 Å². The lowest BCUT2D eigenvalue weighted by molar-refractivity contribution is 0.600. The molecule has 0 aliphatic carbocycles. The van der Waals surface area contributed by atoms with E-state index in [-0.39, 0.29) is 11.4 Å². The molecule has 0 atom stereocenters. The first-order valence-electron chi connectivity index (χ1n) is 5.68. The van der Waals surface area contributed by atoms with Gasteiger partial charge in [-0.25, -0.2) is 8.42 Å². The standard InChI is InChI=1S/C12H13N5O2S/c1-17-12(4-6-15-17)16-20(18,19)11-7-10(3-2-5-13)8-14-9-11/h4,6-9,16H,5,13H2,1H3. The van der Waals surface area contributed by atoms with E-state index in [2.05, 4.69) is 26.6 Å². The Balaban J connectivity index is 2.32. The van der Waals surface area contributed by atoms with E-state index >= 15 is 0 Å². The zero-order valence-electron chi connectivity index (χ0n) is 10.7. The lowest BCUT2D eigenvalue weighted by Gasteiger charge is -2.07. The summed E-state index contributed by atoms with van der Waals surface area (Å²) in [6, 6.07) is 3.00. The molecule has 20 heavy (non-hydrogen) atoms. The Bertz CT molecular complexity index is 770. The van der Waals surface area contributed by atoms with Crippen LogP contribution in [-0.4, -0.2) is 29.7 Å². The second-order valence-corrected chi connectivity index (χ2v) is 5.54. The molecule has 0 amide bonds. The minimum Gasteiger partial charge on any atom is -0.320 e. The van der Waals surface area contributed by atoms with Gasteiger partial charge in [0.05, 0.1) is 12.7 Å². The summed E-state index contributed by atoms with van der Waals surface area (Å²) in [7, 11) is -2.09. The zero-order valence-corrected chi connectivity index (χ0v) is 11.6. The van der Waals surface area contributed by atoms with Crippen molar-refractivity contribution in [2.75, 3.05) is 11.3 Å². The number of hydrogen-bond donors (Lipinski definition) is 2. The second-order valence-electron chi connectivity index (χ2n) is 3.86. The lowest BCUT2D eigenvalue weighted by Crippen LogP contribution is -2.15. The Hall–Kier alpha value is -2.37. The van der Waals surface area contributed by atoms with Crippen LogP contribution < -0.4 is 10.5 Å². The van der Waals surface area contributed by atoms with E-state index in [1.807, 2.05) is 0 Å². The number of anilines is 1. The van der Waals surface area contributed by atoms with Crippen molar-refractivity contribution in [3.8, 4) is 11.8 Å². The number of pyridine rings is 1. The normalized spacial score (nSPS) is 10.7. The highest BCUT2D eigenvalue weighted by Gasteiger charge is 2.16. The van der Waals surface area contributed by atoms with Gasteiger partial charge in [-0.1, -0.05) is 11.8 Å². The zero-order chi connectivity index (χ0) is 14.6. The third kappa shape index (κ3) is 3.14. The lowest BCUT2D eigenvalue weighted by atomic mass is 10.3. The molecular weight excluding hydrogens is 278 g/mol.